The number of aromatic hydroxyl groups is 1. The number of nitrogens with one attached hydrogen (secondary N) is 1. The molecule has 0 saturated heterocycles. The summed E-state index contributed by atoms with van der Waals surface area (Å²) in [5.41, 5.74) is 5.03. The van der Waals surface area contributed by atoms with E-state index in [1.165, 1.54) is 24.1 Å². The zero-order valence-corrected chi connectivity index (χ0v) is 19.9. The van der Waals surface area contributed by atoms with Gasteiger partial charge in [0, 0.05) is 22.2 Å². The number of carbonyl (C=O) groups excluding carboxylic acids is 2. The predicted molar refractivity (Wildman–Crippen MR) is 126 cm³/mol. The van der Waals surface area contributed by atoms with Gasteiger partial charge < -0.3 is 15.2 Å². The molecule has 0 aliphatic carbocycles. The van der Waals surface area contributed by atoms with Gasteiger partial charge in [-0.05, 0) is 50.8 Å². The van der Waals surface area contributed by atoms with Gasteiger partial charge in [-0.25, -0.2) is 5.01 Å². The monoisotopic (exact) mass is 440 g/mol. The Morgan fingerprint density at radius 3 is 2.09 bits per heavy atom. The summed E-state index contributed by atoms with van der Waals surface area (Å²) in [6.07, 6.45) is 0.611. The zero-order chi connectivity index (χ0) is 24.4. The molecule has 0 saturated carbocycles. The summed E-state index contributed by atoms with van der Waals surface area (Å²) in [5, 5.41) is 30.4. The van der Waals surface area contributed by atoms with E-state index in [1.807, 2.05) is 47.6 Å². The van der Waals surface area contributed by atoms with Crippen molar-refractivity contribution >= 4 is 24.4 Å². The quantitative estimate of drug-likeness (QED) is 0.422. The second-order valence-electron chi connectivity index (χ2n) is 9.33. The van der Waals surface area contributed by atoms with Crippen molar-refractivity contribution in [3.05, 3.63) is 58.1 Å². The largest absolute Gasteiger partial charge is 0.508 e. The molecule has 2 amide bonds. The Morgan fingerprint density at radius 1 is 1.06 bits per heavy atom. The first-order chi connectivity index (χ1) is 14.8. The first kappa shape index (κ1) is 25.4. The van der Waals surface area contributed by atoms with Crippen molar-refractivity contribution < 1.29 is 24.7 Å². The van der Waals surface area contributed by atoms with Gasteiger partial charge in [0.1, 0.15) is 5.75 Å². The molecule has 2 aromatic rings. The Bertz CT molecular complexity index is 994. The van der Waals surface area contributed by atoms with E-state index in [-0.39, 0.29) is 39.7 Å². The van der Waals surface area contributed by atoms with Crippen LogP contribution in [0.25, 0.3) is 0 Å². The fourth-order valence-corrected chi connectivity index (χ4v) is 4.03. The summed E-state index contributed by atoms with van der Waals surface area (Å²) in [6, 6.07) is 7.93. The lowest BCUT2D eigenvalue weighted by Crippen LogP contribution is -2.56. The van der Waals surface area contributed by atoms with Crippen LogP contribution in [-0.2, 0) is 0 Å². The lowest BCUT2D eigenvalue weighted by atomic mass is 9.78. The van der Waals surface area contributed by atoms with Crippen molar-refractivity contribution in [1.29, 1.82) is 0 Å². The number of amides is 2. The van der Waals surface area contributed by atoms with Crippen LogP contribution in [0, 0.1) is 26.2 Å². The van der Waals surface area contributed by atoms with E-state index in [0.717, 1.165) is 11.1 Å². The molecule has 1 atom stereocenters. The Hall–Kier alpha value is -2.84. The predicted octanol–water partition coefficient (Wildman–Crippen LogP) is 2.61. The number of carbonyl (C=O) groups is 2. The van der Waals surface area contributed by atoms with Crippen molar-refractivity contribution in [2.45, 2.75) is 60.9 Å². The summed E-state index contributed by atoms with van der Waals surface area (Å²) < 4.78 is 0. The lowest BCUT2D eigenvalue weighted by Gasteiger charge is -2.39. The van der Waals surface area contributed by atoms with Gasteiger partial charge in [-0.3, -0.25) is 15.0 Å². The smallest absolute Gasteiger partial charge is 0.492 e. The highest BCUT2D eigenvalue weighted by molar-refractivity contribution is 6.59. The molecule has 2 aromatic carbocycles. The molecule has 32 heavy (non-hydrogen) atoms. The van der Waals surface area contributed by atoms with E-state index in [9.17, 15) is 24.7 Å². The minimum absolute atomic E-state index is 0.0941. The number of phenols is 1. The van der Waals surface area contributed by atoms with Crippen molar-refractivity contribution in [3.63, 3.8) is 0 Å². The van der Waals surface area contributed by atoms with Crippen molar-refractivity contribution in [2.24, 2.45) is 5.41 Å². The molecule has 0 bridgehead atoms. The van der Waals surface area contributed by atoms with Gasteiger partial charge in [0.05, 0.1) is 6.04 Å². The van der Waals surface area contributed by atoms with Gasteiger partial charge in [-0.2, -0.15) is 0 Å². The fourth-order valence-electron chi connectivity index (χ4n) is 4.03. The number of hydrazine groups is 1. The Morgan fingerprint density at radius 2 is 1.62 bits per heavy atom. The summed E-state index contributed by atoms with van der Waals surface area (Å²) in [5.74, 6) is -1.27. The average molecular weight is 440 g/mol. The van der Waals surface area contributed by atoms with Crippen LogP contribution < -0.4 is 10.9 Å². The first-order valence-electron chi connectivity index (χ1n) is 10.7. The Balaban J connectivity index is 2.50. The summed E-state index contributed by atoms with van der Waals surface area (Å²) >= 11 is 0. The SMILES string of the molecule is CC[C@@H](N(NC(=O)c1ccc(B(O)O)c(O)c1C)C(=O)c1cc(C)cc(C)c1)C(C)(C)C. The third-order valence-electron chi connectivity index (χ3n) is 5.59. The molecule has 172 valence electrons. The topological polar surface area (TPSA) is 110 Å². The molecule has 4 N–H and O–H groups in total. The van der Waals surface area contributed by atoms with Crippen LogP contribution in [0.4, 0.5) is 0 Å². The number of aryl methyl sites for hydroxylation is 2. The maximum absolute atomic E-state index is 13.6. The molecule has 0 aromatic heterocycles. The number of benzene rings is 2. The van der Waals surface area contributed by atoms with Crippen LogP contribution in [0.5, 0.6) is 5.75 Å². The van der Waals surface area contributed by atoms with Crippen LogP contribution in [0.15, 0.2) is 30.3 Å². The minimum atomic E-state index is -1.86. The second-order valence-corrected chi connectivity index (χ2v) is 9.33. The van der Waals surface area contributed by atoms with Crippen LogP contribution in [0.1, 0.15) is 71.5 Å². The molecule has 0 aliphatic rings. The normalized spacial score (nSPS) is 12.3. The van der Waals surface area contributed by atoms with E-state index < -0.39 is 13.0 Å². The summed E-state index contributed by atoms with van der Waals surface area (Å²) in [4.78, 5) is 26.7. The summed E-state index contributed by atoms with van der Waals surface area (Å²) in [6.45, 7) is 13.3. The maximum atomic E-state index is 13.6. The highest BCUT2D eigenvalue weighted by atomic mass is 16.4. The molecule has 2 rings (SSSR count). The van der Waals surface area contributed by atoms with Crippen LogP contribution in [0.3, 0.4) is 0 Å². The Labute approximate surface area is 190 Å². The van der Waals surface area contributed by atoms with Crippen molar-refractivity contribution in [1.82, 2.24) is 10.4 Å². The van der Waals surface area contributed by atoms with E-state index in [1.54, 1.807) is 12.1 Å². The second kappa shape index (κ2) is 9.75. The van der Waals surface area contributed by atoms with Gasteiger partial charge in [-0.15, -0.1) is 0 Å². The summed E-state index contributed by atoms with van der Waals surface area (Å²) in [7, 11) is -1.86. The van der Waals surface area contributed by atoms with Crippen LogP contribution >= 0.6 is 0 Å². The van der Waals surface area contributed by atoms with Crippen molar-refractivity contribution in [3.8, 4) is 5.75 Å². The van der Waals surface area contributed by atoms with Gasteiger partial charge >= 0.3 is 7.12 Å². The molecule has 0 spiro atoms. The van der Waals surface area contributed by atoms with E-state index in [4.69, 9.17) is 0 Å². The highest BCUT2D eigenvalue weighted by Gasteiger charge is 2.35. The van der Waals surface area contributed by atoms with E-state index >= 15 is 0 Å². The molecule has 0 heterocycles. The number of phenolic OH excluding ortho intramolecular Hbond substituents is 1. The maximum Gasteiger partial charge on any atom is 0.492 e. The first-order valence-corrected chi connectivity index (χ1v) is 10.7. The van der Waals surface area contributed by atoms with Crippen LogP contribution in [0.2, 0.25) is 0 Å². The molecule has 0 aliphatic heterocycles. The molecule has 8 heteroatoms. The fraction of sp³-hybridized carbons (Fsp3) is 0.417. The average Bonchev–Trinajstić information content (AvgIpc) is 2.67. The third kappa shape index (κ3) is 5.50. The van der Waals surface area contributed by atoms with Crippen molar-refractivity contribution in [2.75, 3.05) is 0 Å². The van der Waals surface area contributed by atoms with Gasteiger partial charge in [0.2, 0.25) is 0 Å². The molecular formula is C24H33BN2O5. The third-order valence-corrected chi connectivity index (χ3v) is 5.59. The lowest BCUT2D eigenvalue weighted by molar-refractivity contribution is 0.0284. The minimum Gasteiger partial charge on any atom is -0.508 e. The van der Waals surface area contributed by atoms with E-state index in [0.29, 0.717) is 12.0 Å². The zero-order valence-electron chi connectivity index (χ0n) is 19.9. The number of rotatable bonds is 5. The Kier molecular flexibility index (Phi) is 7.75. The standard InChI is InChI=1S/C24H33BN2O5/c1-8-20(24(5,6)7)27(23(30)17-12-14(2)11-15(3)13-17)26-22(29)18-9-10-19(25(31)32)21(28)16(18)4/h9-13,20,28,31-32H,8H2,1-7H3,(H,26,29)/t20-/m1/s1. The van der Waals surface area contributed by atoms with Crippen LogP contribution in [-0.4, -0.2) is 45.1 Å². The van der Waals surface area contributed by atoms with Gasteiger partial charge in [0.25, 0.3) is 11.8 Å². The molecule has 7 nitrogen and oxygen atoms in total. The van der Waals surface area contributed by atoms with Gasteiger partial charge in [0.15, 0.2) is 0 Å². The molecule has 0 unspecified atom stereocenters. The van der Waals surface area contributed by atoms with E-state index in [2.05, 4.69) is 5.43 Å². The highest BCUT2D eigenvalue weighted by Crippen LogP contribution is 2.28. The number of hydrogen-bond acceptors (Lipinski definition) is 5. The molecule has 0 radical (unpaired) electrons. The number of nitrogens with zero attached hydrogens (tertiary/aromatic N) is 1. The molecular weight excluding hydrogens is 407 g/mol. The molecule has 0 fully saturated rings. The van der Waals surface area contributed by atoms with Gasteiger partial charge in [-0.1, -0.05) is 51.0 Å². The number of hydrogen-bond donors (Lipinski definition) is 4.